The molecule has 0 fully saturated rings. The van der Waals surface area contributed by atoms with E-state index in [1.165, 1.54) is 24.4 Å². The van der Waals surface area contributed by atoms with Crippen LogP contribution in [0.2, 0.25) is 0 Å². The Morgan fingerprint density at radius 3 is 2.57 bits per heavy atom. The van der Waals surface area contributed by atoms with Gasteiger partial charge in [0.15, 0.2) is 0 Å². The van der Waals surface area contributed by atoms with Crippen LogP contribution in [0, 0.1) is 6.92 Å². The zero-order chi connectivity index (χ0) is 17.1. The number of amides is 1. The van der Waals surface area contributed by atoms with E-state index in [1.807, 2.05) is 31.2 Å². The summed E-state index contributed by atoms with van der Waals surface area (Å²) in [5.74, 6) is 0.294. The number of aryl methyl sites for hydroxylation is 1. The van der Waals surface area contributed by atoms with E-state index in [4.69, 9.17) is 4.74 Å². The second-order valence-electron chi connectivity index (χ2n) is 4.67. The highest BCUT2D eigenvalue weighted by Gasteiger charge is 2.08. The van der Waals surface area contributed by atoms with Crippen molar-refractivity contribution in [3.05, 3.63) is 35.4 Å². The SMILES string of the molecule is CCOC(=O)CCS/C(Cc1ccc(C)cc1)=N\NC(=O)OC. The maximum Gasteiger partial charge on any atom is 0.427 e. The van der Waals surface area contributed by atoms with Gasteiger partial charge in [-0.25, -0.2) is 10.2 Å². The third-order valence-electron chi connectivity index (χ3n) is 2.81. The van der Waals surface area contributed by atoms with Crippen LogP contribution in [-0.2, 0) is 20.7 Å². The Morgan fingerprint density at radius 1 is 1.26 bits per heavy atom. The number of hydrogen-bond donors (Lipinski definition) is 1. The average Bonchev–Trinajstić information content (AvgIpc) is 2.54. The molecule has 126 valence electrons. The molecule has 0 spiro atoms. The predicted octanol–water partition coefficient (Wildman–Crippen LogP) is 2.89. The Kier molecular flexibility index (Phi) is 8.82. The first-order valence-electron chi connectivity index (χ1n) is 7.29. The number of ether oxygens (including phenoxy) is 2. The van der Waals surface area contributed by atoms with Gasteiger partial charge in [0.2, 0.25) is 0 Å². The van der Waals surface area contributed by atoms with Gasteiger partial charge in [-0.2, -0.15) is 5.10 Å². The summed E-state index contributed by atoms with van der Waals surface area (Å²) in [5.41, 5.74) is 4.57. The molecule has 0 aromatic heterocycles. The number of methoxy groups -OCH3 is 1. The molecule has 0 aliphatic carbocycles. The number of thioether (sulfide) groups is 1. The van der Waals surface area contributed by atoms with Gasteiger partial charge < -0.3 is 9.47 Å². The number of esters is 1. The number of carbonyl (C=O) groups excluding carboxylic acids is 2. The van der Waals surface area contributed by atoms with E-state index >= 15 is 0 Å². The average molecular weight is 338 g/mol. The smallest absolute Gasteiger partial charge is 0.427 e. The zero-order valence-electron chi connectivity index (χ0n) is 13.6. The van der Waals surface area contributed by atoms with Gasteiger partial charge in [0.1, 0.15) is 0 Å². The summed E-state index contributed by atoms with van der Waals surface area (Å²) in [6, 6.07) is 8.05. The monoisotopic (exact) mass is 338 g/mol. The standard InChI is InChI=1S/C16H22N2O4S/c1-4-22-15(19)9-10-23-14(17-18-16(20)21-3)11-13-7-5-12(2)6-8-13/h5-8H,4,9-11H2,1-3H3,(H,18,20)/b17-14-. The fraction of sp³-hybridized carbons (Fsp3) is 0.438. The van der Waals surface area contributed by atoms with Crippen LogP contribution in [-0.4, -0.2) is 36.6 Å². The van der Waals surface area contributed by atoms with E-state index in [9.17, 15) is 9.59 Å². The van der Waals surface area contributed by atoms with E-state index in [-0.39, 0.29) is 5.97 Å². The van der Waals surface area contributed by atoms with Crippen molar-refractivity contribution in [1.82, 2.24) is 5.43 Å². The summed E-state index contributed by atoms with van der Waals surface area (Å²) in [6.45, 7) is 4.17. The minimum atomic E-state index is -0.627. The van der Waals surface area contributed by atoms with E-state index < -0.39 is 6.09 Å². The number of hydrazone groups is 1. The topological polar surface area (TPSA) is 77.0 Å². The van der Waals surface area contributed by atoms with Crippen molar-refractivity contribution in [1.29, 1.82) is 0 Å². The first-order valence-corrected chi connectivity index (χ1v) is 8.28. The molecule has 0 saturated heterocycles. The molecule has 0 atom stereocenters. The fourth-order valence-corrected chi connectivity index (χ4v) is 2.53. The van der Waals surface area contributed by atoms with Crippen LogP contribution < -0.4 is 5.43 Å². The fourth-order valence-electron chi connectivity index (χ4n) is 1.64. The van der Waals surface area contributed by atoms with Gasteiger partial charge in [-0.3, -0.25) is 4.79 Å². The molecule has 0 radical (unpaired) electrons. The summed E-state index contributed by atoms with van der Waals surface area (Å²) < 4.78 is 9.39. The molecule has 0 unspecified atom stereocenters. The molecule has 0 heterocycles. The van der Waals surface area contributed by atoms with Crippen LogP contribution in [0.25, 0.3) is 0 Å². The zero-order valence-corrected chi connectivity index (χ0v) is 14.4. The molecule has 0 saturated carbocycles. The van der Waals surface area contributed by atoms with E-state index in [1.54, 1.807) is 6.92 Å². The first-order chi connectivity index (χ1) is 11.0. The summed E-state index contributed by atoms with van der Waals surface area (Å²) >= 11 is 1.41. The highest BCUT2D eigenvalue weighted by Crippen LogP contribution is 2.13. The van der Waals surface area contributed by atoms with Gasteiger partial charge >= 0.3 is 12.1 Å². The summed E-state index contributed by atoms with van der Waals surface area (Å²) in [4.78, 5) is 22.5. The van der Waals surface area contributed by atoms with Crippen molar-refractivity contribution in [2.45, 2.75) is 26.7 Å². The minimum absolute atomic E-state index is 0.240. The van der Waals surface area contributed by atoms with Crippen LogP contribution in [0.4, 0.5) is 4.79 Å². The lowest BCUT2D eigenvalue weighted by Gasteiger charge is -2.07. The third-order valence-corrected chi connectivity index (χ3v) is 3.79. The maximum absolute atomic E-state index is 11.4. The van der Waals surface area contributed by atoms with Crippen molar-refractivity contribution in [3.8, 4) is 0 Å². The predicted molar refractivity (Wildman–Crippen MR) is 91.6 cm³/mol. The van der Waals surface area contributed by atoms with Gasteiger partial charge in [0.05, 0.1) is 25.2 Å². The highest BCUT2D eigenvalue weighted by atomic mass is 32.2. The van der Waals surface area contributed by atoms with Crippen molar-refractivity contribution in [2.75, 3.05) is 19.5 Å². The van der Waals surface area contributed by atoms with Crippen LogP contribution in [0.3, 0.4) is 0 Å². The first kappa shape index (κ1) is 19.0. The molecule has 6 nitrogen and oxygen atoms in total. The Labute approximate surface area is 140 Å². The van der Waals surface area contributed by atoms with Crippen LogP contribution in [0.5, 0.6) is 0 Å². The van der Waals surface area contributed by atoms with Crippen molar-refractivity contribution in [3.63, 3.8) is 0 Å². The minimum Gasteiger partial charge on any atom is -0.466 e. The van der Waals surface area contributed by atoms with E-state index in [2.05, 4.69) is 15.3 Å². The quantitative estimate of drug-likeness (QED) is 0.358. The lowest BCUT2D eigenvalue weighted by molar-refractivity contribution is -0.142. The van der Waals surface area contributed by atoms with Gasteiger partial charge in [0, 0.05) is 12.2 Å². The van der Waals surface area contributed by atoms with Gasteiger partial charge in [-0.15, -0.1) is 11.8 Å². The van der Waals surface area contributed by atoms with Gasteiger partial charge in [0.25, 0.3) is 0 Å². The lowest BCUT2D eigenvalue weighted by atomic mass is 10.1. The maximum atomic E-state index is 11.4. The van der Waals surface area contributed by atoms with Crippen molar-refractivity contribution in [2.24, 2.45) is 5.10 Å². The van der Waals surface area contributed by atoms with E-state index in [0.717, 1.165) is 5.56 Å². The van der Waals surface area contributed by atoms with Crippen molar-refractivity contribution >= 4 is 28.9 Å². The molecule has 0 aliphatic heterocycles. The Bertz CT molecular complexity index is 544. The number of nitrogens with one attached hydrogen (secondary N) is 1. The van der Waals surface area contributed by atoms with Crippen molar-refractivity contribution < 1.29 is 19.1 Å². The normalized spacial score (nSPS) is 11.0. The molecule has 23 heavy (non-hydrogen) atoms. The number of benzene rings is 1. The molecule has 7 heteroatoms. The largest absolute Gasteiger partial charge is 0.466 e. The van der Waals surface area contributed by atoms with Crippen LogP contribution in [0.15, 0.2) is 29.4 Å². The molecule has 0 bridgehead atoms. The lowest BCUT2D eigenvalue weighted by Crippen LogP contribution is -2.19. The molecule has 1 rings (SSSR count). The molecule has 0 aliphatic rings. The number of carbonyl (C=O) groups is 2. The molecule has 1 amide bonds. The third kappa shape index (κ3) is 8.25. The number of hydrogen-bond acceptors (Lipinski definition) is 6. The molecular formula is C16H22N2O4S. The molecular weight excluding hydrogens is 316 g/mol. The number of nitrogens with zero attached hydrogens (tertiary/aromatic N) is 1. The summed E-state index contributed by atoms with van der Waals surface area (Å²) in [5, 5.41) is 4.76. The molecule has 1 aromatic rings. The summed E-state index contributed by atoms with van der Waals surface area (Å²) in [7, 11) is 1.28. The molecule has 1 N–H and O–H groups in total. The second-order valence-corrected chi connectivity index (χ2v) is 5.84. The summed E-state index contributed by atoms with van der Waals surface area (Å²) in [6.07, 6.45) is 0.235. The highest BCUT2D eigenvalue weighted by molar-refractivity contribution is 8.13. The Hall–Kier alpha value is -2.02. The van der Waals surface area contributed by atoms with E-state index in [0.29, 0.717) is 30.2 Å². The van der Waals surface area contributed by atoms with Gasteiger partial charge in [-0.05, 0) is 19.4 Å². The Balaban J connectivity index is 2.63. The van der Waals surface area contributed by atoms with Crippen LogP contribution >= 0.6 is 11.8 Å². The second kappa shape index (κ2) is 10.7. The molecule has 1 aromatic carbocycles. The van der Waals surface area contributed by atoms with Crippen LogP contribution in [0.1, 0.15) is 24.5 Å². The number of rotatable bonds is 7. The van der Waals surface area contributed by atoms with Gasteiger partial charge in [-0.1, -0.05) is 29.8 Å². The Morgan fingerprint density at radius 2 is 1.96 bits per heavy atom.